The number of anilines is 1. The summed E-state index contributed by atoms with van der Waals surface area (Å²) in [4.78, 5) is 23.7. The molecule has 2 aromatic heterocycles. The second kappa shape index (κ2) is 8.98. The second-order valence-electron chi connectivity index (χ2n) is 5.85. The average Bonchev–Trinajstić information content (AvgIpc) is 3.32. The number of hydrogen-bond acceptors (Lipinski definition) is 7. The number of thioether (sulfide) groups is 1. The SMILES string of the molecule is CCc1cc(-c2nnc(SCC(=O)Nc3ccc([N+](=O)[O-])cc3)n2CC)cs1. The highest BCUT2D eigenvalue weighted by molar-refractivity contribution is 7.99. The number of amides is 1. The summed E-state index contributed by atoms with van der Waals surface area (Å²) in [6.45, 7) is 4.83. The topological polar surface area (TPSA) is 103 Å². The zero-order chi connectivity index (χ0) is 20.1. The fourth-order valence-electron chi connectivity index (χ4n) is 2.57. The van der Waals surface area contributed by atoms with Gasteiger partial charge < -0.3 is 9.88 Å². The molecule has 0 radical (unpaired) electrons. The van der Waals surface area contributed by atoms with E-state index >= 15 is 0 Å². The van der Waals surface area contributed by atoms with E-state index in [0.717, 1.165) is 17.8 Å². The summed E-state index contributed by atoms with van der Waals surface area (Å²) in [6, 6.07) is 7.85. The molecule has 0 spiro atoms. The summed E-state index contributed by atoms with van der Waals surface area (Å²) in [5.41, 5.74) is 1.54. The molecule has 1 amide bonds. The molecule has 146 valence electrons. The van der Waals surface area contributed by atoms with Crippen LogP contribution >= 0.6 is 23.1 Å². The number of aryl methyl sites for hydroxylation is 1. The van der Waals surface area contributed by atoms with Crippen molar-refractivity contribution in [3.8, 4) is 11.4 Å². The van der Waals surface area contributed by atoms with Crippen LogP contribution < -0.4 is 5.32 Å². The third kappa shape index (κ3) is 4.57. The Balaban J connectivity index is 1.63. The first kappa shape index (κ1) is 20.0. The maximum absolute atomic E-state index is 12.2. The molecule has 0 unspecified atom stereocenters. The summed E-state index contributed by atoms with van der Waals surface area (Å²) in [6.07, 6.45) is 0.981. The maximum Gasteiger partial charge on any atom is 0.269 e. The number of carbonyl (C=O) groups excluding carboxylic acids is 1. The molecule has 0 bridgehead atoms. The number of nitro groups is 1. The van der Waals surface area contributed by atoms with Crippen LogP contribution in [0.25, 0.3) is 11.4 Å². The van der Waals surface area contributed by atoms with Crippen LogP contribution in [-0.2, 0) is 17.8 Å². The lowest BCUT2D eigenvalue weighted by molar-refractivity contribution is -0.384. The molecule has 8 nitrogen and oxygen atoms in total. The van der Waals surface area contributed by atoms with E-state index in [0.29, 0.717) is 17.4 Å². The Kier molecular flexibility index (Phi) is 6.42. The second-order valence-corrected chi connectivity index (χ2v) is 7.78. The van der Waals surface area contributed by atoms with Crippen LogP contribution in [0.3, 0.4) is 0 Å². The minimum atomic E-state index is -0.479. The molecule has 0 aliphatic rings. The van der Waals surface area contributed by atoms with E-state index in [1.54, 1.807) is 11.3 Å². The average molecular weight is 418 g/mol. The molecule has 1 aromatic carbocycles. The van der Waals surface area contributed by atoms with Gasteiger partial charge in [0.25, 0.3) is 5.69 Å². The molecule has 0 fully saturated rings. The predicted octanol–water partition coefficient (Wildman–Crippen LogP) is 4.23. The number of rotatable bonds is 8. The molecule has 0 atom stereocenters. The van der Waals surface area contributed by atoms with Gasteiger partial charge in [0.15, 0.2) is 11.0 Å². The van der Waals surface area contributed by atoms with Crippen LogP contribution in [0.5, 0.6) is 0 Å². The van der Waals surface area contributed by atoms with E-state index in [9.17, 15) is 14.9 Å². The molecule has 2 heterocycles. The van der Waals surface area contributed by atoms with Gasteiger partial charge in [-0.3, -0.25) is 14.9 Å². The molecule has 10 heteroatoms. The first-order valence-electron chi connectivity index (χ1n) is 8.69. The lowest BCUT2D eigenvalue weighted by Gasteiger charge is -2.07. The van der Waals surface area contributed by atoms with Gasteiger partial charge in [-0.05, 0) is 31.5 Å². The van der Waals surface area contributed by atoms with Crippen LogP contribution in [0.1, 0.15) is 18.7 Å². The minimum Gasteiger partial charge on any atom is -0.325 e. The van der Waals surface area contributed by atoms with Gasteiger partial charge >= 0.3 is 0 Å². The Morgan fingerprint density at radius 1 is 1.29 bits per heavy atom. The summed E-state index contributed by atoms with van der Waals surface area (Å²) in [5.74, 6) is 0.755. The van der Waals surface area contributed by atoms with E-state index in [-0.39, 0.29) is 17.3 Å². The fraction of sp³-hybridized carbons (Fsp3) is 0.278. The maximum atomic E-state index is 12.2. The zero-order valence-electron chi connectivity index (χ0n) is 15.4. The van der Waals surface area contributed by atoms with Crippen LogP contribution in [0.15, 0.2) is 40.9 Å². The number of benzene rings is 1. The normalized spacial score (nSPS) is 10.8. The van der Waals surface area contributed by atoms with Gasteiger partial charge in [0.1, 0.15) is 0 Å². The number of thiophene rings is 1. The minimum absolute atomic E-state index is 0.0180. The van der Waals surface area contributed by atoms with Crippen molar-refractivity contribution in [2.24, 2.45) is 0 Å². The van der Waals surface area contributed by atoms with Gasteiger partial charge in [0.2, 0.25) is 5.91 Å². The smallest absolute Gasteiger partial charge is 0.269 e. The highest BCUT2D eigenvalue weighted by atomic mass is 32.2. The molecule has 3 aromatic rings. The Morgan fingerprint density at radius 3 is 2.64 bits per heavy atom. The first-order valence-corrected chi connectivity index (χ1v) is 10.6. The van der Waals surface area contributed by atoms with Crippen molar-refractivity contribution in [3.63, 3.8) is 0 Å². The van der Waals surface area contributed by atoms with Crippen LogP contribution in [0, 0.1) is 10.1 Å². The van der Waals surface area contributed by atoms with Gasteiger partial charge in [0, 0.05) is 40.2 Å². The summed E-state index contributed by atoms with van der Waals surface area (Å²) < 4.78 is 1.99. The van der Waals surface area contributed by atoms with Crippen LogP contribution in [-0.4, -0.2) is 31.3 Å². The lowest BCUT2D eigenvalue weighted by atomic mass is 10.2. The number of aromatic nitrogens is 3. The van der Waals surface area contributed by atoms with Gasteiger partial charge in [-0.1, -0.05) is 18.7 Å². The zero-order valence-corrected chi connectivity index (χ0v) is 17.0. The molecule has 0 aliphatic carbocycles. The van der Waals surface area contributed by atoms with E-state index in [1.165, 1.54) is 40.9 Å². The predicted molar refractivity (Wildman–Crippen MR) is 111 cm³/mol. The van der Waals surface area contributed by atoms with Crippen LogP contribution in [0.2, 0.25) is 0 Å². The van der Waals surface area contributed by atoms with Gasteiger partial charge in [-0.15, -0.1) is 21.5 Å². The Bertz CT molecular complexity index is 982. The Hall–Kier alpha value is -2.72. The molecule has 0 saturated heterocycles. The molecular formula is C18H19N5O3S2. The van der Waals surface area contributed by atoms with Crippen molar-refractivity contribution in [1.29, 1.82) is 0 Å². The number of carbonyl (C=O) groups is 1. The Labute approximate surface area is 170 Å². The summed E-state index contributed by atoms with van der Waals surface area (Å²) in [5, 5.41) is 24.7. The summed E-state index contributed by atoms with van der Waals surface area (Å²) in [7, 11) is 0. The third-order valence-electron chi connectivity index (χ3n) is 3.99. The van der Waals surface area contributed by atoms with Gasteiger partial charge in [0.05, 0.1) is 10.7 Å². The van der Waals surface area contributed by atoms with Crippen molar-refractivity contribution in [1.82, 2.24) is 14.8 Å². The van der Waals surface area contributed by atoms with E-state index < -0.39 is 4.92 Å². The third-order valence-corrected chi connectivity index (χ3v) is 6.04. The number of hydrogen-bond donors (Lipinski definition) is 1. The van der Waals surface area contributed by atoms with Crippen molar-refractivity contribution in [3.05, 3.63) is 50.7 Å². The highest BCUT2D eigenvalue weighted by Gasteiger charge is 2.16. The summed E-state index contributed by atoms with van der Waals surface area (Å²) >= 11 is 3.01. The fourth-order valence-corrected chi connectivity index (χ4v) is 4.19. The molecule has 0 saturated carbocycles. The molecule has 3 rings (SSSR count). The number of nitro benzene ring substituents is 1. The van der Waals surface area contributed by atoms with Crippen molar-refractivity contribution >= 4 is 40.4 Å². The van der Waals surface area contributed by atoms with E-state index in [2.05, 4.69) is 33.9 Å². The monoisotopic (exact) mass is 417 g/mol. The van der Waals surface area contributed by atoms with Gasteiger partial charge in [-0.25, -0.2) is 0 Å². The number of non-ortho nitro benzene ring substituents is 1. The van der Waals surface area contributed by atoms with Crippen molar-refractivity contribution in [2.75, 3.05) is 11.1 Å². The first-order chi connectivity index (χ1) is 13.5. The molecule has 0 aliphatic heterocycles. The molecule has 1 N–H and O–H groups in total. The van der Waals surface area contributed by atoms with E-state index in [1.807, 2.05) is 11.5 Å². The van der Waals surface area contributed by atoms with E-state index in [4.69, 9.17) is 0 Å². The lowest BCUT2D eigenvalue weighted by Crippen LogP contribution is -2.14. The molecule has 28 heavy (non-hydrogen) atoms. The highest BCUT2D eigenvalue weighted by Crippen LogP contribution is 2.28. The molecular weight excluding hydrogens is 398 g/mol. The van der Waals surface area contributed by atoms with Crippen molar-refractivity contribution < 1.29 is 9.72 Å². The van der Waals surface area contributed by atoms with Crippen molar-refractivity contribution in [2.45, 2.75) is 32.0 Å². The number of nitrogens with zero attached hydrogens (tertiary/aromatic N) is 4. The standard InChI is InChI=1S/C18H19N5O3S2/c1-3-15-9-12(10-27-15)17-20-21-18(22(17)4-2)28-11-16(24)19-13-5-7-14(8-6-13)23(25)26/h5-10H,3-4,11H2,1-2H3,(H,19,24). The van der Waals surface area contributed by atoms with Gasteiger partial charge in [-0.2, -0.15) is 0 Å². The van der Waals surface area contributed by atoms with Crippen LogP contribution in [0.4, 0.5) is 11.4 Å². The Morgan fingerprint density at radius 2 is 2.04 bits per heavy atom. The largest absolute Gasteiger partial charge is 0.325 e. The quantitative estimate of drug-likeness (QED) is 0.334. The number of nitrogens with one attached hydrogen (secondary N) is 1.